The first-order valence-electron chi connectivity index (χ1n) is 24.9. The molecule has 0 amide bonds. The second kappa shape index (κ2) is 16.2. The molecule has 4 nitrogen and oxygen atoms in total. The van der Waals surface area contributed by atoms with Crippen LogP contribution in [-0.2, 0) is 5.41 Å². The molecule has 0 radical (unpaired) electrons. The molecule has 0 N–H and O–H groups in total. The molecule has 73 heavy (non-hydrogen) atoms. The molecule has 4 heteroatoms. The van der Waals surface area contributed by atoms with E-state index in [2.05, 4.69) is 255 Å². The van der Waals surface area contributed by atoms with Crippen molar-refractivity contribution in [3.63, 3.8) is 0 Å². The fourth-order valence-corrected chi connectivity index (χ4v) is 11.9. The van der Waals surface area contributed by atoms with Gasteiger partial charge in [0.15, 0.2) is 11.6 Å². The SMILES string of the molecule is c1ccc(C2(c3ccccc3)c3cc(-c4nc(-c5ccc6c(ccc7ccccc76)c5)c5ccccc5n4)ccc3-c3ccc(-c4nc(-c5ccc6c(ccc7ccccc76)c5)c5ccccc5n4)cc32)cc1. The second-order valence-corrected chi connectivity index (χ2v) is 19.3. The summed E-state index contributed by atoms with van der Waals surface area (Å²) in [7, 11) is 0. The molecule has 1 aliphatic carbocycles. The number of nitrogens with zero attached hydrogens (tertiary/aromatic N) is 4. The summed E-state index contributed by atoms with van der Waals surface area (Å²) in [5, 5.41) is 11.8. The number of fused-ring (bicyclic) bond motifs is 11. The molecule has 12 aromatic carbocycles. The zero-order valence-corrected chi connectivity index (χ0v) is 39.5. The standard InChI is InChI=1S/C69H42N4/c1-3-17-51(18-4-1)69(52-19-5-2-6-20-52)61-41-49(67-70-63-25-13-11-23-59(63)65(72-67)47-31-35-55-45(39-47)29-27-43-15-7-9-21-53(43)55)33-37-57(61)58-38-34-50(42-62(58)69)68-71-64-26-14-12-24-60(64)66(73-68)48-32-36-56-46(40-48)30-28-44-16-8-10-22-54(44)56/h1-42H. The van der Waals surface area contributed by atoms with Crippen molar-refractivity contribution in [2.24, 2.45) is 0 Å². The number of hydrogen-bond donors (Lipinski definition) is 0. The molecular weight excluding hydrogens is 885 g/mol. The van der Waals surface area contributed by atoms with Gasteiger partial charge in [0.2, 0.25) is 0 Å². The predicted octanol–water partition coefficient (Wildman–Crippen LogP) is 17.2. The molecule has 0 saturated heterocycles. The molecule has 0 bridgehead atoms. The Morgan fingerprint density at radius 3 is 1.08 bits per heavy atom. The van der Waals surface area contributed by atoms with E-state index >= 15 is 0 Å². The van der Waals surface area contributed by atoms with Crippen LogP contribution < -0.4 is 0 Å². The normalized spacial score (nSPS) is 12.8. The fourth-order valence-electron chi connectivity index (χ4n) is 11.9. The van der Waals surface area contributed by atoms with Gasteiger partial charge in [-0.15, -0.1) is 0 Å². The first-order valence-corrected chi connectivity index (χ1v) is 24.9. The van der Waals surface area contributed by atoms with Crippen molar-refractivity contribution in [1.29, 1.82) is 0 Å². The zero-order chi connectivity index (χ0) is 48.0. The van der Waals surface area contributed by atoms with E-state index in [0.717, 1.165) is 55.4 Å². The minimum atomic E-state index is -0.708. The number of benzene rings is 12. The van der Waals surface area contributed by atoms with Crippen LogP contribution in [0.25, 0.3) is 121 Å². The van der Waals surface area contributed by atoms with Gasteiger partial charge >= 0.3 is 0 Å². The van der Waals surface area contributed by atoms with Crippen molar-refractivity contribution in [2.45, 2.75) is 5.41 Å². The Bertz CT molecular complexity index is 4270. The third-order valence-corrected chi connectivity index (χ3v) is 15.3. The highest BCUT2D eigenvalue weighted by Crippen LogP contribution is 2.57. The van der Waals surface area contributed by atoms with E-state index in [1.807, 2.05) is 0 Å². The van der Waals surface area contributed by atoms with Gasteiger partial charge in [0, 0.05) is 33.0 Å². The first-order chi connectivity index (χ1) is 36.2. The maximum absolute atomic E-state index is 5.49. The lowest BCUT2D eigenvalue weighted by molar-refractivity contribution is 0.768. The summed E-state index contributed by atoms with van der Waals surface area (Å²) >= 11 is 0. The first kappa shape index (κ1) is 41.2. The van der Waals surface area contributed by atoms with Gasteiger partial charge in [-0.05, 0) is 113 Å². The highest BCUT2D eigenvalue weighted by Gasteiger charge is 2.46. The van der Waals surface area contributed by atoms with E-state index < -0.39 is 5.41 Å². The van der Waals surface area contributed by atoms with Gasteiger partial charge in [-0.2, -0.15) is 0 Å². The molecule has 1 aliphatic rings. The van der Waals surface area contributed by atoms with Crippen LogP contribution in [0.2, 0.25) is 0 Å². The van der Waals surface area contributed by atoms with E-state index in [9.17, 15) is 0 Å². The quantitative estimate of drug-likeness (QED) is 0.156. The fraction of sp³-hybridized carbons (Fsp3) is 0.0145. The molecule has 0 unspecified atom stereocenters. The summed E-state index contributed by atoms with van der Waals surface area (Å²) < 4.78 is 0. The molecule has 338 valence electrons. The van der Waals surface area contributed by atoms with Crippen molar-refractivity contribution in [3.05, 3.63) is 277 Å². The minimum absolute atomic E-state index is 0.681. The van der Waals surface area contributed by atoms with Crippen LogP contribution >= 0.6 is 0 Å². The van der Waals surface area contributed by atoms with Gasteiger partial charge in [0.1, 0.15) is 0 Å². The van der Waals surface area contributed by atoms with Gasteiger partial charge in [-0.3, -0.25) is 0 Å². The summed E-state index contributed by atoms with van der Waals surface area (Å²) in [6.45, 7) is 0. The zero-order valence-electron chi connectivity index (χ0n) is 39.5. The minimum Gasteiger partial charge on any atom is -0.228 e. The predicted molar refractivity (Wildman–Crippen MR) is 302 cm³/mol. The lowest BCUT2D eigenvalue weighted by Gasteiger charge is -2.34. The van der Waals surface area contributed by atoms with Gasteiger partial charge in [-0.25, -0.2) is 19.9 Å². The Morgan fingerprint density at radius 1 is 0.247 bits per heavy atom. The van der Waals surface area contributed by atoms with Crippen molar-refractivity contribution in [2.75, 3.05) is 0 Å². The smallest absolute Gasteiger partial charge is 0.160 e. The Balaban J connectivity index is 0.918. The number of aromatic nitrogens is 4. The summed E-state index contributed by atoms with van der Waals surface area (Å²) in [5.41, 5.74) is 14.0. The number of hydrogen-bond acceptors (Lipinski definition) is 4. The average molecular weight is 927 g/mol. The molecule has 15 rings (SSSR count). The average Bonchev–Trinajstić information content (AvgIpc) is 3.76. The third kappa shape index (κ3) is 6.40. The monoisotopic (exact) mass is 926 g/mol. The van der Waals surface area contributed by atoms with Gasteiger partial charge in [0.05, 0.1) is 27.8 Å². The molecule has 0 atom stereocenters. The van der Waals surface area contributed by atoms with Crippen molar-refractivity contribution in [3.8, 4) is 56.4 Å². The second-order valence-electron chi connectivity index (χ2n) is 19.3. The summed E-state index contributed by atoms with van der Waals surface area (Å²) in [5.74, 6) is 1.36. The summed E-state index contributed by atoms with van der Waals surface area (Å²) in [6, 6.07) is 91.8. The molecule has 0 aliphatic heterocycles. The van der Waals surface area contributed by atoms with Crippen LogP contribution in [0.15, 0.2) is 255 Å². The van der Waals surface area contributed by atoms with E-state index in [0.29, 0.717) is 11.6 Å². The lowest BCUT2D eigenvalue weighted by atomic mass is 9.67. The molecule has 0 saturated carbocycles. The van der Waals surface area contributed by atoms with Crippen molar-refractivity contribution in [1.82, 2.24) is 19.9 Å². The Kier molecular flexibility index (Phi) is 9.14. The van der Waals surface area contributed by atoms with Crippen LogP contribution in [0.5, 0.6) is 0 Å². The van der Waals surface area contributed by atoms with Gasteiger partial charge in [0.25, 0.3) is 0 Å². The van der Waals surface area contributed by atoms with Crippen LogP contribution in [0.3, 0.4) is 0 Å². The van der Waals surface area contributed by atoms with Crippen LogP contribution in [0, 0.1) is 0 Å². The van der Waals surface area contributed by atoms with Crippen molar-refractivity contribution < 1.29 is 0 Å². The number of rotatable bonds is 6. The highest BCUT2D eigenvalue weighted by atomic mass is 14.9. The maximum atomic E-state index is 5.49. The Labute approximate surface area is 421 Å². The topological polar surface area (TPSA) is 51.6 Å². The van der Waals surface area contributed by atoms with E-state index in [1.54, 1.807) is 0 Å². The Hall–Kier alpha value is -9.64. The summed E-state index contributed by atoms with van der Waals surface area (Å²) in [4.78, 5) is 21.6. The van der Waals surface area contributed by atoms with Crippen LogP contribution in [0.1, 0.15) is 22.3 Å². The largest absolute Gasteiger partial charge is 0.228 e. The van der Waals surface area contributed by atoms with E-state index in [1.165, 1.54) is 76.5 Å². The Morgan fingerprint density at radius 2 is 0.616 bits per heavy atom. The van der Waals surface area contributed by atoms with Crippen LogP contribution in [-0.4, -0.2) is 19.9 Å². The van der Waals surface area contributed by atoms with Gasteiger partial charge in [-0.1, -0.05) is 218 Å². The van der Waals surface area contributed by atoms with E-state index in [-0.39, 0.29) is 0 Å². The molecular formula is C69H42N4. The molecule has 0 spiro atoms. The lowest BCUT2D eigenvalue weighted by Crippen LogP contribution is -2.28. The maximum Gasteiger partial charge on any atom is 0.160 e. The number of para-hydroxylation sites is 2. The molecule has 14 aromatic rings. The highest BCUT2D eigenvalue weighted by molar-refractivity contribution is 6.10. The van der Waals surface area contributed by atoms with Crippen LogP contribution in [0.4, 0.5) is 0 Å². The molecule has 2 aromatic heterocycles. The summed E-state index contributed by atoms with van der Waals surface area (Å²) in [6.07, 6.45) is 0. The third-order valence-electron chi connectivity index (χ3n) is 15.3. The molecule has 0 fully saturated rings. The van der Waals surface area contributed by atoms with Gasteiger partial charge < -0.3 is 0 Å². The van der Waals surface area contributed by atoms with Crippen molar-refractivity contribution >= 4 is 64.9 Å². The van der Waals surface area contributed by atoms with E-state index in [4.69, 9.17) is 19.9 Å². The molecule has 2 heterocycles.